The van der Waals surface area contributed by atoms with E-state index in [1.807, 2.05) is 19.1 Å². The average Bonchev–Trinajstić information content (AvgIpc) is 2.54. The van der Waals surface area contributed by atoms with Gasteiger partial charge in [0.05, 0.1) is 11.8 Å². The van der Waals surface area contributed by atoms with Crippen molar-refractivity contribution in [2.75, 3.05) is 20.3 Å². The second-order valence-electron chi connectivity index (χ2n) is 6.06. The van der Waals surface area contributed by atoms with Crippen LogP contribution in [0.2, 0.25) is 0 Å². The van der Waals surface area contributed by atoms with Crippen molar-refractivity contribution in [3.8, 4) is 0 Å². The molecule has 124 valence electrons. The van der Waals surface area contributed by atoms with Crippen molar-refractivity contribution in [1.29, 1.82) is 0 Å². The van der Waals surface area contributed by atoms with Gasteiger partial charge in [-0.25, -0.2) is 0 Å². The van der Waals surface area contributed by atoms with E-state index < -0.39 is 0 Å². The number of allylic oxidation sites excluding steroid dienone is 3. The van der Waals surface area contributed by atoms with E-state index in [2.05, 4.69) is 31.7 Å². The number of ether oxygens (including phenoxy) is 1. The van der Waals surface area contributed by atoms with E-state index in [1.54, 1.807) is 7.11 Å². The van der Waals surface area contributed by atoms with Gasteiger partial charge in [-0.1, -0.05) is 36.4 Å². The van der Waals surface area contributed by atoms with Crippen LogP contribution in [0, 0.1) is 6.92 Å². The standard InChI is InChI=1S/C20H27NO2/c1-5-6-15(3)20-18-13-14(2)7-8-16(18)17(9-11-22)19(21-20)10-12-23-4/h5-8,13,17,19,22H,3,9-12H2,1-2,4H3/b6-5-. The molecule has 23 heavy (non-hydrogen) atoms. The minimum absolute atomic E-state index is 0.120. The number of aliphatic hydroxyl groups excluding tert-OH is 1. The normalized spacial score (nSPS) is 20.4. The zero-order valence-electron chi connectivity index (χ0n) is 14.4. The molecule has 1 aliphatic rings. The van der Waals surface area contributed by atoms with Gasteiger partial charge in [-0.05, 0) is 43.9 Å². The maximum Gasteiger partial charge on any atom is 0.0719 e. The Hall–Kier alpha value is -1.71. The number of nitrogens with zero attached hydrogens (tertiary/aromatic N) is 1. The smallest absolute Gasteiger partial charge is 0.0719 e. The first-order valence-corrected chi connectivity index (χ1v) is 8.22. The highest BCUT2D eigenvalue weighted by Crippen LogP contribution is 2.36. The van der Waals surface area contributed by atoms with E-state index in [-0.39, 0.29) is 18.6 Å². The Kier molecular flexibility index (Phi) is 6.31. The summed E-state index contributed by atoms with van der Waals surface area (Å²) in [4.78, 5) is 5.00. The lowest BCUT2D eigenvalue weighted by Crippen LogP contribution is -2.28. The van der Waals surface area contributed by atoms with Gasteiger partial charge in [0.25, 0.3) is 0 Å². The monoisotopic (exact) mass is 313 g/mol. The summed E-state index contributed by atoms with van der Waals surface area (Å²) < 4.78 is 5.25. The number of hydrogen-bond donors (Lipinski definition) is 1. The first-order valence-electron chi connectivity index (χ1n) is 8.22. The number of benzene rings is 1. The summed E-state index contributed by atoms with van der Waals surface area (Å²) in [5, 5.41) is 9.49. The molecule has 1 N–H and O–H groups in total. The van der Waals surface area contributed by atoms with Crippen LogP contribution in [0.3, 0.4) is 0 Å². The van der Waals surface area contributed by atoms with Crippen LogP contribution in [-0.2, 0) is 4.74 Å². The molecule has 0 saturated heterocycles. The van der Waals surface area contributed by atoms with Gasteiger partial charge < -0.3 is 9.84 Å². The van der Waals surface area contributed by atoms with Crippen LogP contribution in [0.15, 0.2) is 47.5 Å². The van der Waals surface area contributed by atoms with E-state index >= 15 is 0 Å². The van der Waals surface area contributed by atoms with Crippen LogP contribution < -0.4 is 0 Å². The van der Waals surface area contributed by atoms with Crippen molar-refractivity contribution in [3.63, 3.8) is 0 Å². The van der Waals surface area contributed by atoms with Crippen LogP contribution in [0.5, 0.6) is 0 Å². The third-order valence-corrected chi connectivity index (χ3v) is 4.35. The van der Waals surface area contributed by atoms with Crippen LogP contribution in [-0.4, -0.2) is 37.2 Å². The summed E-state index contributed by atoms with van der Waals surface area (Å²) in [5.74, 6) is 0.230. The molecule has 1 aliphatic heterocycles. The van der Waals surface area contributed by atoms with Gasteiger partial charge in [0.1, 0.15) is 0 Å². The van der Waals surface area contributed by atoms with Crippen molar-refractivity contribution in [3.05, 3.63) is 59.2 Å². The van der Waals surface area contributed by atoms with Gasteiger partial charge in [-0.2, -0.15) is 0 Å². The minimum atomic E-state index is 0.120. The van der Waals surface area contributed by atoms with Gasteiger partial charge in [-0.15, -0.1) is 0 Å². The molecule has 3 nitrogen and oxygen atoms in total. The van der Waals surface area contributed by atoms with E-state index in [9.17, 15) is 5.11 Å². The predicted molar refractivity (Wildman–Crippen MR) is 96.4 cm³/mol. The first kappa shape index (κ1) is 17.6. The molecule has 0 aliphatic carbocycles. The Morgan fingerprint density at radius 2 is 2.17 bits per heavy atom. The number of aryl methyl sites for hydroxylation is 1. The number of methoxy groups -OCH3 is 1. The highest BCUT2D eigenvalue weighted by Gasteiger charge is 2.30. The number of aliphatic imine (C=N–C) groups is 1. The van der Waals surface area contributed by atoms with Crippen LogP contribution >= 0.6 is 0 Å². The molecule has 0 saturated carbocycles. The Morgan fingerprint density at radius 3 is 2.83 bits per heavy atom. The molecule has 0 aromatic heterocycles. The third-order valence-electron chi connectivity index (χ3n) is 4.35. The zero-order valence-corrected chi connectivity index (χ0v) is 14.4. The van der Waals surface area contributed by atoms with Crippen molar-refractivity contribution in [2.24, 2.45) is 4.99 Å². The number of hydrogen-bond acceptors (Lipinski definition) is 3. The summed E-state index contributed by atoms with van der Waals surface area (Å²) in [6.07, 6.45) is 5.56. The van der Waals surface area contributed by atoms with Gasteiger partial charge in [0, 0.05) is 31.8 Å². The van der Waals surface area contributed by atoms with Gasteiger partial charge in [-0.3, -0.25) is 4.99 Å². The van der Waals surface area contributed by atoms with E-state index in [1.165, 1.54) is 11.1 Å². The fourth-order valence-corrected chi connectivity index (χ4v) is 3.26. The molecule has 3 heteroatoms. The van der Waals surface area contributed by atoms with Crippen molar-refractivity contribution in [1.82, 2.24) is 0 Å². The van der Waals surface area contributed by atoms with Crippen LogP contribution in [0.25, 0.3) is 0 Å². The number of fused-ring (bicyclic) bond motifs is 1. The van der Waals surface area contributed by atoms with Gasteiger partial charge in [0.2, 0.25) is 0 Å². The molecule has 2 rings (SSSR count). The fraction of sp³-hybridized carbons (Fsp3) is 0.450. The molecule has 1 heterocycles. The highest BCUT2D eigenvalue weighted by atomic mass is 16.5. The Morgan fingerprint density at radius 1 is 1.39 bits per heavy atom. The summed E-state index contributed by atoms with van der Waals surface area (Å²) in [6, 6.07) is 6.62. The second-order valence-corrected chi connectivity index (χ2v) is 6.06. The van der Waals surface area contributed by atoms with Gasteiger partial charge in [0.15, 0.2) is 0 Å². The summed E-state index contributed by atoms with van der Waals surface area (Å²) >= 11 is 0. The SMILES string of the molecule is C=C(/C=C\C)C1=NC(CCOC)C(CCO)c2ccc(C)cc21. The summed E-state index contributed by atoms with van der Waals surface area (Å²) in [7, 11) is 1.71. The van der Waals surface area contributed by atoms with E-state index in [0.717, 1.165) is 29.7 Å². The lowest BCUT2D eigenvalue weighted by atomic mass is 9.79. The third kappa shape index (κ3) is 3.98. The Bertz CT molecular complexity index is 616. The molecule has 2 atom stereocenters. The molecular formula is C20H27NO2. The van der Waals surface area contributed by atoms with Crippen molar-refractivity contribution in [2.45, 2.75) is 38.6 Å². The quantitative estimate of drug-likeness (QED) is 0.778. The van der Waals surface area contributed by atoms with E-state index in [4.69, 9.17) is 9.73 Å². The molecule has 0 bridgehead atoms. The molecule has 0 fully saturated rings. The topological polar surface area (TPSA) is 41.8 Å². The van der Waals surface area contributed by atoms with Crippen molar-refractivity contribution < 1.29 is 9.84 Å². The molecule has 0 spiro atoms. The largest absolute Gasteiger partial charge is 0.396 e. The summed E-state index contributed by atoms with van der Waals surface area (Å²) in [5.41, 5.74) is 5.53. The van der Waals surface area contributed by atoms with Crippen molar-refractivity contribution >= 4 is 5.71 Å². The van der Waals surface area contributed by atoms with E-state index in [0.29, 0.717) is 6.61 Å². The first-order chi connectivity index (χ1) is 11.1. The van der Waals surface area contributed by atoms with Crippen LogP contribution in [0.4, 0.5) is 0 Å². The lowest BCUT2D eigenvalue weighted by molar-refractivity contribution is 0.180. The molecule has 1 aromatic carbocycles. The summed E-state index contributed by atoms with van der Waals surface area (Å²) in [6.45, 7) is 9.10. The second kappa shape index (κ2) is 8.23. The minimum Gasteiger partial charge on any atom is -0.396 e. The molecule has 1 aromatic rings. The Balaban J connectivity index is 2.51. The molecular weight excluding hydrogens is 286 g/mol. The molecule has 2 unspecified atom stereocenters. The fourth-order valence-electron chi connectivity index (χ4n) is 3.26. The number of aliphatic hydroxyl groups is 1. The predicted octanol–water partition coefficient (Wildman–Crippen LogP) is 3.80. The highest BCUT2D eigenvalue weighted by molar-refractivity contribution is 6.15. The molecule has 0 amide bonds. The maximum atomic E-state index is 9.49. The Labute approximate surface area is 139 Å². The maximum absolute atomic E-state index is 9.49. The molecule has 0 radical (unpaired) electrons. The van der Waals surface area contributed by atoms with Crippen LogP contribution in [0.1, 0.15) is 42.4 Å². The number of rotatable bonds is 7. The average molecular weight is 313 g/mol. The zero-order chi connectivity index (χ0) is 16.8. The van der Waals surface area contributed by atoms with Gasteiger partial charge >= 0.3 is 0 Å². The lowest BCUT2D eigenvalue weighted by Gasteiger charge is -2.32.